The number of rotatable bonds is 5. The fourth-order valence-electron chi connectivity index (χ4n) is 5.20. The molecule has 186 valence electrons. The molecular formula is C26H33N5O3S. The van der Waals surface area contributed by atoms with E-state index in [2.05, 4.69) is 38.7 Å². The maximum Gasteiger partial charge on any atom is 0.285 e. The lowest BCUT2D eigenvalue weighted by molar-refractivity contribution is -0.127. The lowest BCUT2D eigenvalue weighted by Gasteiger charge is -2.36. The highest BCUT2D eigenvalue weighted by atomic mass is 32.2. The molecule has 2 aromatic rings. The molecule has 0 bridgehead atoms. The van der Waals surface area contributed by atoms with Crippen LogP contribution in [0.1, 0.15) is 30.0 Å². The zero-order valence-corrected chi connectivity index (χ0v) is 21.0. The van der Waals surface area contributed by atoms with Gasteiger partial charge in [-0.1, -0.05) is 42.5 Å². The van der Waals surface area contributed by atoms with Crippen molar-refractivity contribution in [1.29, 1.82) is 0 Å². The summed E-state index contributed by atoms with van der Waals surface area (Å²) in [5.41, 5.74) is 1.73. The summed E-state index contributed by atoms with van der Waals surface area (Å²) in [6.07, 6.45) is 1.59. The highest BCUT2D eigenvalue weighted by molar-refractivity contribution is 7.90. The van der Waals surface area contributed by atoms with Crippen LogP contribution >= 0.6 is 0 Å². The molecule has 1 N–H and O–H groups in total. The van der Waals surface area contributed by atoms with Gasteiger partial charge in [-0.25, -0.2) is 0 Å². The van der Waals surface area contributed by atoms with Crippen molar-refractivity contribution in [2.45, 2.75) is 23.8 Å². The second-order valence-corrected chi connectivity index (χ2v) is 11.3. The lowest BCUT2D eigenvalue weighted by Crippen LogP contribution is -2.50. The molecule has 8 nitrogen and oxygen atoms in total. The first-order valence-electron chi connectivity index (χ1n) is 12.4. The normalized spacial score (nSPS) is 23.4. The van der Waals surface area contributed by atoms with E-state index in [1.54, 1.807) is 18.2 Å². The van der Waals surface area contributed by atoms with Gasteiger partial charge in [0.05, 0.1) is 12.0 Å². The van der Waals surface area contributed by atoms with Crippen LogP contribution in [-0.2, 0) is 14.8 Å². The largest absolute Gasteiger partial charge is 0.355 e. The van der Waals surface area contributed by atoms with Crippen LogP contribution in [-0.4, -0.2) is 87.7 Å². The summed E-state index contributed by atoms with van der Waals surface area (Å²) < 4.78 is 29.1. The maximum absolute atomic E-state index is 13.5. The van der Waals surface area contributed by atoms with Crippen LogP contribution in [0.2, 0.25) is 0 Å². The summed E-state index contributed by atoms with van der Waals surface area (Å²) >= 11 is 0. The molecule has 3 heterocycles. The number of piperazine rings is 1. The number of benzene rings is 2. The maximum atomic E-state index is 13.5. The van der Waals surface area contributed by atoms with Gasteiger partial charge in [-0.2, -0.15) is 8.42 Å². The Morgan fingerprint density at radius 3 is 2.51 bits per heavy atom. The van der Waals surface area contributed by atoms with E-state index in [-0.39, 0.29) is 22.8 Å². The summed E-state index contributed by atoms with van der Waals surface area (Å²) in [7, 11) is -1.54. The van der Waals surface area contributed by atoms with Crippen LogP contribution < -0.4 is 5.32 Å². The molecule has 2 fully saturated rings. The second-order valence-electron chi connectivity index (χ2n) is 9.75. The highest BCUT2D eigenvalue weighted by Crippen LogP contribution is 2.30. The zero-order chi connectivity index (χ0) is 24.4. The van der Waals surface area contributed by atoms with Gasteiger partial charge in [-0.15, -0.1) is 4.40 Å². The van der Waals surface area contributed by atoms with E-state index in [0.29, 0.717) is 24.5 Å². The Kier molecular flexibility index (Phi) is 6.91. The third kappa shape index (κ3) is 5.27. The van der Waals surface area contributed by atoms with E-state index in [4.69, 9.17) is 0 Å². The van der Waals surface area contributed by atoms with Crippen LogP contribution in [0.15, 0.2) is 63.9 Å². The lowest BCUT2D eigenvalue weighted by atomic mass is 9.95. The first-order chi connectivity index (χ1) is 16.9. The van der Waals surface area contributed by atoms with Gasteiger partial charge in [0.15, 0.2) is 5.84 Å². The van der Waals surface area contributed by atoms with E-state index in [0.717, 1.165) is 51.1 Å². The predicted octanol–water partition coefficient (Wildman–Crippen LogP) is 1.95. The molecule has 2 unspecified atom stereocenters. The number of amidine groups is 1. The van der Waals surface area contributed by atoms with Gasteiger partial charge >= 0.3 is 0 Å². The number of carbonyl (C=O) groups excluding carboxylic acids is 1. The Bertz CT molecular complexity index is 1190. The van der Waals surface area contributed by atoms with Gasteiger partial charge in [0, 0.05) is 51.4 Å². The van der Waals surface area contributed by atoms with Crippen molar-refractivity contribution in [1.82, 2.24) is 20.0 Å². The fraction of sp³-hybridized carbons (Fsp3) is 0.462. The molecule has 0 spiro atoms. The van der Waals surface area contributed by atoms with Gasteiger partial charge in [0.2, 0.25) is 5.91 Å². The van der Waals surface area contributed by atoms with Crippen molar-refractivity contribution in [2.24, 2.45) is 10.3 Å². The Hall–Kier alpha value is -2.75. The minimum absolute atomic E-state index is 0.0208. The number of sulfonamides is 1. The number of amides is 1. The zero-order valence-electron chi connectivity index (χ0n) is 20.1. The molecule has 0 saturated carbocycles. The number of nitrogens with one attached hydrogen (secondary N) is 1. The van der Waals surface area contributed by atoms with Crippen molar-refractivity contribution < 1.29 is 13.2 Å². The summed E-state index contributed by atoms with van der Waals surface area (Å²) in [6.45, 7) is 5.96. The molecule has 35 heavy (non-hydrogen) atoms. The van der Waals surface area contributed by atoms with Crippen molar-refractivity contribution in [3.63, 3.8) is 0 Å². The molecule has 2 aromatic carbocycles. The molecular weight excluding hydrogens is 462 g/mol. The van der Waals surface area contributed by atoms with Gasteiger partial charge < -0.3 is 15.1 Å². The average Bonchev–Trinajstić information content (AvgIpc) is 3.16. The van der Waals surface area contributed by atoms with Crippen LogP contribution in [0.4, 0.5) is 0 Å². The molecule has 2 saturated heterocycles. The number of nitrogens with zero attached hydrogens (tertiary/aromatic N) is 4. The van der Waals surface area contributed by atoms with Crippen molar-refractivity contribution in [2.75, 3.05) is 52.9 Å². The van der Waals surface area contributed by atoms with Crippen molar-refractivity contribution in [3.05, 3.63) is 65.7 Å². The van der Waals surface area contributed by atoms with E-state index < -0.39 is 10.0 Å². The van der Waals surface area contributed by atoms with E-state index in [1.165, 1.54) is 0 Å². The minimum Gasteiger partial charge on any atom is -0.355 e. The Morgan fingerprint density at radius 2 is 1.74 bits per heavy atom. The van der Waals surface area contributed by atoms with Crippen molar-refractivity contribution in [3.8, 4) is 0 Å². The molecule has 9 heteroatoms. The summed E-state index contributed by atoms with van der Waals surface area (Å²) in [5.74, 6) is 0.267. The Balaban J connectivity index is 1.30. The molecule has 0 aliphatic carbocycles. The standard InChI is InChI=1S/C26H33N5O3S/c1-29-14-16-30(17-15-29)19-23(20-8-3-2-4-9-20)27-26(32)21-10-7-13-31(18-21)25-22-11-5-6-12-24(22)35(33,34)28-25/h2-6,8-9,11-12,21,23H,7,10,13-19H2,1H3,(H,27,32). The number of hydrogen-bond acceptors (Lipinski definition) is 6. The number of piperidine rings is 1. The van der Waals surface area contributed by atoms with Crippen molar-refractivity contribution >= 4 is 21.8 Å². The van der Waals surface area contributed by atoms with Gasteiger partial charge in [0.25, 0.3) is 10.0 Å². The smallest absolute Gasteiger partial charge is 0.285 e. The predicted molar refractivity (Wildman–Crippen MR) is 136 cm³/mol. The third-order valence-corrected chi connectivity index (χ3v) is 8.58. The molecule has 0 radical (unpaired) electrons. The third-order valence-electron chi connectivity index (χ3n) is 7.26. The molecule has 0 aromatic heterocycles. The van der Waals surface area contributed by atoms with Crippen LogP contribution in [0.3, 0.4) is 0 Å². The first kappa shape index (κ1) is 24.0. The summed E-state index contributed by atoms with van der Waals surface area (Å²) in [4.78, 5) is 20.4. The number of fused-ring (bicyclic) bond motifs is 1. The summed E-state index contributed by atoms with van der Waals surface area (Å²) in [6, 6.07) is 17.0. The van der Waals surface area contributed by atoms with Gasteiger partial charge in [-0.05, 0) is 37.6 Å². The Labute approximate surface area is 207 Å². The topological polar surface area (TPSA) is 85.3 Å². The van der Waals surface area contributed by atoms with E-state index in [1.807, 2.05) is 29.2 Å². The summed E-state index contributed by atoms with van der Waals surface area (Å²) in [5, 5.41) is 3.33. The number of carbonyl (C=O) groups is 1. The van der Waals surface area contributed by atoms with Crippen LogP contribution in [0.5, 0.6) is 0 Å². The second kappa shape index (κ2) is 10.1. The van der Waals surface area contributed by atoms with Crippen LogP contribution in [0, 0.1) is 5.92 Å². The number of likely N-dealkylation sites (tertiary alicyclic amines) is 1. The quantitative estimate of drug-likeness (QED) is 0.683. The number of hydrogen-bond donors (Lipinski definition) is 1. The van der Waals surface area contributed by atoms with Gasteiger partial charge in [0.1, 0.15) is 4.90 Å². The van der Waals surface area contributed by atoms with Gasteiger partial charge in [-0.3, -0.25) is 9.69 Å². The van der Waals surface area contributed by atoms with Crippen LogP contribution in [0.25, 0.3) is 0 Å². The highest BCUT2D eigenvalue weighted by Gasteiger charge is 2.35. The molecule has 1 amide bonds. The SMILES string of the molecule is CN1CCN(CC(NC(=O)C2CCCN(C3=NS(=O)(=O)c4ccccc43)C2)c2ccccc2)CC1. The Morgan fingerprint density at radius 1 is 1.03 bits per heavy atom. The minimum atomic E-state index is -3.68. The monoisotopic (exact) mass is 495 g/mol. The van der Waals surface area contributed by atoms with E-state index in [9.17, 15) is 13.2 Å². The van der Waals surface area contributed by atoms with E-state index >= 15 is 0 Å². The number of likely N-dealkylation sites (N-methyl/N-ethyl adjacent to an activating group) is 1. The fourth-order valence-corrected chi connectivity index (χ4v) is 6.43. The average molecular weight is 496 g/mol. The molecule has 5 rings (SSSR count). The molecule has 3 aliphatic rings. The molecule has 2 atom stereocenters. The first-order valence-corrected chi connectivity index (χ1v) is 13.8. The molecule has 3 aliphatic heterocycles.